The van der Waals surface area contributed by atoms with Crippen LogP contribution < -0.4 is 4.74 Å². The Labute approximate surface area is 118 Å². The highest BCUT2D eigenvalue weighted by atomic mass is 32.1. The second-order valence-electron chi connectivity index (χ2n) is 4.58. The van der Waals surface area contributed by atoms with E-state index in [1.54, 1.807) is 11.6 Å². The Kier molecular flexibility index (Phi) is 2.34. The van der Waals surface area contributed by atoms with Gasteiger partial charge in [0, 0.05) is 5.39 Å². The molecular weight excluding hydrogens is 274 g/mol. The van der Waals surface area contributed by atoms with Crippen molar-refractivity contribution < 1.29 is 9.15 Å². The first-order valence-corrected chi connectivity index (χ1v) is 6.95. The van der Waals surface area contributed by atoms with Gasteiger partial charge in [0.1, 0.15) is 11.3 Å². The third kappa shape index (κ3) is 1.69. The van der Waals surface area contributed by atoms with Crippen LogP contribution in [0.1, 0.15) is 5.56 Å². The zero-order valence-corrected chi connectivity index (χ0v) is 11.8. The van der Waals surface area contributed by atoms with Crippen LogP contribution in [0.25, 0.3) is 27.4 Å². The van der Waals surface area contributed by atoms with Crippen molar-refractivity contribution in [1.29, 1.82) is 0 Å². The Balaban J connectivity index is 1.84. The molecule has 20 heavy (non-hydrogen) atoms. The standard InChI is InChI=1S/C14H11N3O2S/c1-8-3-4-11-9(5-8)6-12(19-11)10-7-17-13(15-10)20-14(16-17)18-2/h3-7H,1-2H3. The van der Waals surface area contributed by atoms with Gasteiger partial charge in [0.2, 0.25) is 4.96 Å². The quantitative estimate of drug-likeness (QED) is 0.565. The number of fused-ring (bicyclic) bond motifs is 2. The average Bonchev–Trinajstić information content (AvgIpc) is 3.08. The molecule has 0 aliphatic heterocycles. The number of methoxy groups -OCH3 is 1. The molecule has 0 saturated carbocycles. The lowest BCUT2D eigenvalue weighted by Gasteiger charge is -1.89. The fourth-order valence-corrected chi connectivity index (χ4v) is 2.87. The lowest BCUT2D eigenvalue weighted by Crippen LogP contribution is -1.84. The van der Waals surface area contributed by atoms with Crippen molar-refractivity contribution in [2.75, 3.05) is 7.11 Å². The van der Waals surface area contributed by atoms with Crippen molar-refractivity contribution in [3.8, 4) is 16.6 Å². The number of aromatic nitrogens is 3. The minimum atomic E-state index is 0.597. The first kappa shape index (κ1) is 11.5. The first-order chi connectivity index (χ1) is 9.72. The van der Waals surface area contributed by atoms with Gasteiger partial charge in [-0.25, -0.2) is 9.50 Å². The van der Waals surface area contributed by atoms with Gasteiger partial charge in [0.05, 0.1) is 13.3 Å². The molecule has 0 N–H and O–H groups in total. The topological polar surface area (TPSA) is 52.6 Å². The second-order valence-corrected chi connectivity index (χ2v) is 5.50. The van der Waals surface area contributed by atoms with Crippen LogP contribution in [0.3, 0.4) is 0 Å². The van der Waals surface area contributed by atoms with E-state index in [1.807, 2.05) is 24.4 Å². The SMILES string of the molecule is COc1nn2cc(-c3cc4cc(C)ccc4o3)nc2s1. The van der Waals surface area contributed by atoms with E-state index < -0.39 is 0 Å². The highest BCUT2D eigenvalue weighted by Gasteiger charge is 2.13. The number of furan rings is 1. The molecule has 5 nitrogen and oxygen atoms in total. The monoisotopic (exact) mass is 285 g/mol. The third-order valence-electron chi connectivity index (χ3n) is 3.12. The number of hydrogen-bond donors (Lipinski definition) is 0. The molecule has 3 heterocycles. The van der Waals surface area contributed by atoms with E-state index >= 15 is 0 Å². The Bertz CT molecular complexity index is 888. The summed E-state index contributed by atoms with van der Waals surface area (Å²) in [5, 5.41) is 5.94. The zero-order valence-electron chi connectivity index (χ0n) is 11.0. The molecule has 0 saturated heterocycles. The van der Waals surface area contributed by atoms with Gasteiger partial charge >= 0.3 is 0 Å². The molecule has 0 bridgehead atoms. The van der Waals surface area contributed by atoms with Gasteiger partial charge in [0.15, 0.2) is 5.76 Å². The molecule has 0 fully saturated rings. The molecule has 4 aromatic rings. The molecule has 3 aromatic heterocycles. The highest BCUT2D eigenvalue weighted by Crippen LogP contribution is 2.30. The van der Waals surface area contributed by atoms with Gasteiger partial charge in [-0.3, -0.25) is 0 Å². The zero-order chi connectivity index (χ0) is 13.7. The minimum absolute atomic E-state index is 0.597. The van der Waals surface area contributed by atoms with Crippen LogP contribution in [0, 0.1) is 6.92 Å². The number of aryl methyl sites for hydroxylation is 1. The maximum atomic E-state index is 5.83. The summed E-state index contributed by atoms with van der Waals surface area (Å²) in [4.78, 5) is 5.30. The molecule has 100 valence electrons. The normalized spacial score (nSPS) is 11.5. The Morgan fingerprint density at radius 3 is 3.00 bits per heavy atom. The molecule has 0 spiro atoms. The summed E-state index contributed by atoms with van der Waals surface area (Å²) in [5.74, 6) is 0.752. The van der Waals surface area contributed by atoms with Gasteiger partial charge < -0.3 is 9.15 Å². The summed E-state index contributed by atoms with van der Waals surface area (Å²) in [6.07, 6.45) is 1.85. The predicted octanol–water partition coefficient (Wildman–Crippen LogP) is 3.52. The fraction of sp³-hybridized carbons (Fsp3) is 0.143. The van der Waals surface area contributed by atoms with E-state index in [2.05, 4.69) is 23.1 Å². The first-order valence-electron chi connectivity index (χ1n) is 6.14. The molecule has 1 aromatic carbocycles. The molecular formula is C14H11N3O2S. The van der Waals surface area contributed by atoms with Gasteiger partial charge in [-0.2, -0.15) is 0 Å². The Morgan fingerprint density at radius 1 is 1.30 bits per heavy atom. The summed E-state index contributed by atoms with van der Waals surface area (Å²) in [7, 11) is 1.60. The summed E-state index contributed by atoms with van der Waals surface area (Å²) < 4.78 is 12.6. The third-order valence-corrected chi connectivity index (χ3v) is 4.01. The molecule has 0 aliphatic carbocycles. The molecule has 0 atom stereocenters. The smallest absolute Gasteiger partial charge is 0.294 e. The molecule has 0 amide bonds. The summed E-state index contributed by atoms with van der Waals surface area (Å²) in [6, 6.07) is 8.12. The van der Waals surface area contributed by atoms with Crippen molar-refractivity contribution in [3.05, 3.63) is 36.0 Å². The summed E-state index contributed by atoms with van der Waals surface area (Å²) >= 11 is 1.40. The van der Waals surface area contributed by atoms with Crippen molar-refractivity contribution in [2.45, 2.75) is 6.92 Å². The van der Waals surface area contributed by atoms with Crippen LogP contribution >= 0.6 is 11.3 Å². The molecule has 4 rings (SSSR count). The molecule has 6 heteroatoms. The average molecular weight is 285 g/mol. The van der Waals surface area contributed by atoms with E-state index in [0.29, 0.717) is 5.19 Å². The van der Waals surface area contributed by atoms with Crippen LogP contribution in [0.5, 0.6) is 5.19 Å². The van der Waals surface area contributed by atoms with Crippen molar-refractivity contribution in [2.24, 2.45) is 0 Å². The number of nitrogens with zero attached hydrogens (tertiary/aromatic N) is 3. The van der Waals surface area contributed by atoms with Gasteiger partial charge in [-0.05, 0) is 36.5 Å². The van der Waals surface area contributed by atoms with Crippen molar-refractivity contribution in [3.63, 3.8) is 0 Å². The lowest BCUT2D eigenvalue weighted by atomic mass is 10.2. The van der Waals surface area contributed by atoms with Crippen LogP contribution in [0.2, 0.25) is 0 Å². The van der Waals surface area contributed by atoms with Crippen molar-refractivity contribution in [1.82, 2.24) is 14.6 Å². The van der Waals surface area contributed by atoms with Crippen molar-refractivity contribution >= 4 is 27.3 Å². The number of hydrogen-bond acceptors (Lipinski definition) is 5. The summed E-state index contributed by atoms with van der Waals surface area (Å²) in [5.41, 5.74) is 2.86. The Hall–Kier alpha value is -2.34. The largest absolute Gasteiger partial charge is 0.472 e. The van der Waals surface area contributed by atoms with Gasteiger partial charge in [-0.1, -0.05) is 11.6 Å². The van der Waals surface area contributed by atoms with Crippen LogP contribution in [-0.2, 0) is 0 Å². The predicted molar refractivity (Wildman–Crippen MR) is 77.4 cm³/mol. The highest BCUT2D eigenvalue weighted by molar-refractivity contribution is 7.18. The number of ether oxygens (including phenoxy) is 1. The molecule has 0 aliphatic rings. The summed E-state index contributed by atoms with van der Waals surface area (Å²) in [6.45, 7) is 2.06. The fourth-order valence-electron chi connectivity index (χ4n) is 2.17. The minimum Gasteiger partial charge on any atom is -0.472 e. The molecule has 0 unspecified atom stereocenters. The van der Waals surface area contributed by atoms with Gasteiger partial charge in [0.25, 0.3) is 5.19 Å². The van der Waals surface area contributed by atoms with E-state index in [1.165, 1.54) is 16.9 Å². The van der Waals surface area contributed by atoms with E-state index in [4.69, 9.17) is 9.15 Å². The number of benzene rings is 1. The maximum Gasteiger partial charge on any atom is 0.294 e. The van der Waals surface area contributed by atoms with Gasteiger partial charge in [-0.15, -0.1) is 5.10 Å². The second kappa shape index (κ2) is 4.08. The van der Waals surface area contributed by atoms with E-state index in [-0.39, 0.29) is 0 Å². The number of rotatable bonds is 2. The van der Waals surface area contributed by atoms with Crippen LogP contribution in [-0.4, -0.2) is 21.7 Å². The lowest BCUT2D eigenvalue weighted by molar-refractivity contribution is 0.405. The number of imidazole rings is 1. The van der Waals surface area contributed by atoms with E-state index in [0.717, 1.165) is 27.4 Å². The van der Waals surface area contributed by atoms with Crippen LogP contribution in [0.4, 0.5) is 0 Å². The Morgan fingerprint density at radius 2 is 2.20 bits per heavy atom. The molecule has 0 radical (unpaired) electrons. The maximum absolute atomic E-state index is 5.83. The van der Waals surface area contributed by atoms with Crippen LogP contribution in [0.15, 0.2) is 34.9 Å². The van der Waals surface area contributed by atoms with E-state index in [9.17, 15) is 0 Å².